The molecular weight excluding hydrogens is 508 g/mol. The molecule has 0 saturated heterocycles. The normalized spacial score (nSPS) is 11.4. The van der Waals surface area contributed by atoms with Crippen LogP contribution in [0.5, 0.6) is 0 Å². The van der Waals surface area contributed by atoms with E-state index in [1.807, 2.05) is 0 Å². The molecule has 0 spiro atoms. The molecule has 0 aliphatic rings. The van der Waals surface area contributed by atoms with E-state index in [1.165, 1.54) is 82.0 Å². The van der Waals surface area contributed by atoms with Gasteiger partial charge in [0.2, 0.25) is 0 Å². The molecule has 0 aliphatic carbocycles. The van der Waals surface area contributed by atoms with Crippen LogP contribution in [-0.4, -0.2) is 0 Å². The fourth-order valence-electron chi connectivity index (χ4n) is 6.11. The highest BCUT2D eigenvalue weighted by molar-refractivity contribution is 6.26. The Hall–Kier alpha value is -4.30. The summed E-state index contributed by atoms with van der Waals surface area (Å²) in [4.78, 5) is 0. The van der Waals surface area contributed by atoms with E-state index in [1.54, 1.807) is 0 Å². The van der Waals surface area contributed by atoms with E-state index < -0.39 is 0 Å². The van der Waals surface area contributed by atoms with Crippen molar-refractivity contribution in [2.24, 2.45) is 0 Å². The molecule has 0 saturated carbocycles. The maximum Gasteiger partial charge on any atom is 0.0390 e. The number of nitrogens with one attached hydrogen (secondary N) is 2. The Bertz CT molecular complexity index is 1630. The van der Waals surface area contributed by atoms with E-state index in [4.69, 9.17) is 0 Å². The van der Waals surface area contributed by atoms with Crippen molar-refractivity contribution in [2.45, 2.75) is 65.2 Å². The van der Waals surface area contributed by atoms with Gasteiger partial charge in [0.15, 0.2) is 0 Å². The number of unbranched alkanes of at least 4 members (excludes halogenated alkanes) is 4. The standard InChI is InChI=1S/C40H42N2/c1-3-5-7-11-29-15-19-31(20-16-29)41-33-23-25-37-38-26-24-34(42-32-21-17-30(18-22-32)12-8-6-4-2)28-40(38)36-14-10-9-13-35(36)39(37)27-33/h9-10,13-28,41-42H,3-8,11-12H2,1-2H3. The average Bonchev–Trinajstić information content (AvgIpc) is 3.03. The van der Waals surface area contributed by atoms with Crippen LogP contribution in [-0.2, 0) is 12.8 Å². The highest BCUT2D eigenvalue weighted by Crippen LogP contribution is 2.38. The molecule has 6 aromatic rings. The molecule has 6 rings (SSSR count). The van der Waals surface area contributed by atoms with Gasteiger partial charge >= 0.3 is 0 Å². The Labute approximate surface area is 250 Å². The summed E-state index contributed by atoms with van der Waals surface area (Å²) < 4.78 is 0. The van der Waals surface area contributed by atoms with Gasteiger partial charge < -0.3 is 10.6 Å². The van der Waals surface area contributed by atoms with Crippen LogP contribution >= 0.6 is 0 Å². The summed E-state index contributed by atoms with van der Waals surface area (Å²) in [5, 5.41) is 15.0. The van der Waals surface area contributed by atoms with E-state index in [2.05, 4.69) is 134 Å². The Kier molecular flexibility index (Phi) is 8.70. The molecule has 212 valence electrons. The number of rotatable bonds is 12. The molecule has 2 heteroatoms. The monoisotopic (exact) mass is 550 g/mol. The first kappa shape index (κ1) is 27.8. The summed E-state index contributed by atoms with van der Waals surface area (Å²) in [7, 11) is 0. The van der Waals surface area contributed by atoms with Crippen molar-refractivity contribution in [3.8, 4) is 0 Å². The van der Waals surface area contributed by atoms with Gasteiger partial charge in [-0.05, 0) is 118 Å². The molecule has 0 aromatic heterocycles. The smallest absolute Gasteiger partial charge is 0.0390 e. The van der Waals surface area contributed by atoms with Crippen LogP contribution in [0.3, 0.4) is 0 Å². The van der Waals surface area contributed by atoms with E-state index >= 15 is 0 Å². The van der Waals surface area contributed by atoms with Crippen LogP contribution in [0.4, 0.5) is 22.7 Å². The van der Waals surface area contributed by atoms with Crippen molar-refractivity contribution in [1.29, 1.82) is 0 Å². The zero-order chi connectivity index (χ0) is 28.7. The Morgan fingerprint density at radius 1 is 0.381 bits per heavy atom. The lowest BCUT2D eigenvalue weighted by Gasteiger charge is -2.15. The fraction of sp³-hybridized carbons (Fsp3) is 0.250. The first-order valence-electron chi connectivity index (χ1n) is 15.8. The number of hydrogen-bond acceptors (Lipinski definition) is 2. The molecule has 0 unspecified atom stereocenters. The summed E-state index contributed by atoms with van der Waals surface area (Å²) in [6, 6.07) is 40.2. The molecule has 0 aliphatic heterocycles. The van der Waals surface area contributed by atoms with E-state index in [0.29, 0.717) is 0 Å². The molecule has 2 N–H and O–H groups in total. The largest absolute Gasteiger partial charge is 0.356 e. The molecule has 0 atom stereocenters. The highest BCUT2D eigenvalue weighted by atomic mass is 14.9. The molecular formula is C40H42N2. The van der Waals surface area contributed by atoms with Crippen LogP contribution in [0.1, 0.15) is 63.5 Å². The van der Waals surface area contributed by atoms with Gasteiger partial charge in [-0.25, -0.2) is 0 Å². The van der Waals surface area contributed by atoms with Crippen LogP contribution < -0.4 is 10.6 Å². The van der Waals surface area contributed by atoms with E-state index in [-0.39, 0.29) is 0 Å². The lowest BCUT2D eigenvalue weighted by atomic mass is 9.93. The first-order valence-corrected chi connectivity index (χ1v) is 15.8. The number of benzene rings is 6. The van der Waals surface area contributed by atoms with Crippen molar-refractivity contribution in [3.05, 3.63) is 120 Å². The fourth-order valence-corrected chi connectivity index (χ4v) is 6.11. The number of hydrogen-bond donors (Lipinski definition) is 2. The van der Waals surface area contributed by atoms with Gasteiger partial charge in [0.1, 0.15) is 0 Å². The number of fused-ring (bicyclic) bond motifs is 6. The zero-order valence-corrected chi connectivity index (χ0v) is 25.0. The van der Waals surface area contributed by atoms with Crippen LogP contribution in [0.15, 0.2) is 109 Å². The van der Waals surface area contributed by atoms with Crippen LogP contribution in [0.2, 0.25) is 0 Å². The van der Waals surface area contributed by atoms with Gasteiger partial charge in [0, 0.05) is 22.7 Å². The lowest BCUT2D eigenvalue weighted by Crippen LogP contribution is -1.93. The summed E-state index contributed by atoms with van der Waals surface area (Å²) >= 11 is 0. The van der Waals surface area contributed by atoms with Crippen molar-refractivity contribution in [3.63, 3.8) is 0 Å². The van der Waals surface area contributed by atoms with Crippen LogP contribution in [0, 0.1) is 0 Å². The molecule has 0 heterocycles. The third-order valence-electron chi connectivity index (χ3n) is 8.46. The minimum atomic E-state index is 1.11. The summed E-state index contributed by atoms with van der Waals surface area (Å²) in [5.41, 5.74) is 7.31. The molecule has 2 nitrogen and oxygen atoms in total. The summed E-state index contributed by atoms with van der Waals surface area (Å²) in [6.45, 7) is 4.51. The maximum absolute atomic E-state index is 3.65. The molecule has 6 aromatic carbocycles. The quantitative estimate of drug-likeness (QED) is 0.117. The van der Waals surface area contributed by atoms with Gasteiger partial charge in [-0.1, -0.05) is 100 Å². The highest BCUT2D eigenvalue weighted by Gasteiger charge is 2.10. The van der Waals surface area contributed by atoms with Crippen molar-refractivity contribution >= 4 is 55.1 Å². The van der Waals surface area contributed by atoms with E-state index in [9.17, 15) is 0 Å². The second-order valence-corrected chi connectivity index (χ2v) is 11.6. The predicted molar refractivity (Wildman–Crippen MR) is 185 cm³/mol. The third-order valence-corrected chi connectivity index (χ3v) is 8.46. The third kappa shape index (κ3) is 6.29. The Morgan fingerprint density at radius 2 is 0.762 bits per heavy atom. The summed E-state index contributed by atoms with van der Waals surface area (Å²) in [5.74, 6) is 0. The van der Waals surface area contributed by atoms with E-state index in [0.717, 1.165) is 35.6 Å². The summed E-state index contributed by atoms with van der Waals surface area (Å²) in [6.07, 6.45) is 9.96. The van der Waals surface area contributed by atoms with Crippen molar-refractivity contribution in [1.82, 2.24) is 0 Å². The molecule has 0 bridgehead atoms. The minimum absolute atomic E-state index is 1.11. The Balaban J connectivity index is 1.28. The van der Waals surface area contributed by atoms with Gasteiger partial charge in [-0.2, -0.15) is 0 Å². The van der Waals surface area contributed by atoms with Crippen LogP contribution in [0.25, 0.3) is 32.3 Å². The molecule has 0 fully saturated rings. The number of anilines is 4. The van der Waals surface area contributed by atoms with Gasteiger partial charge in [-0.3, -0.25) is 0 Å². The van der Waals surface area contributed by atoms with Gasteiger partial charge in [0.05, 0.1) is 0 Å². The van der Waals surface area contributed by atoms with Crippen molar-refractivity contribution in [2.75, 3.05) is 10.6 Å². The Morgan fingerprint density at radius 3 is 1.17 bits per heavy atom. The molecule has 0 amide bonds. The van der Waals surface area contributed by atoms with Gasteiger partial charge in [0.25, 0.3) is 0 Å². The molecule has 42 heavy (non-hydrogen) atoms. The predicted octanol–water partition coefficient (Wildman–Crippen LogP) is 12.1. The topological polar surface area (TPSA) is 24.1 Å². The molecule has 0 radical (unpaired) electrons. The second-order valence-electron chi connectivity index (χ2n) is 11.6. The van der Waals surface area contributed by atoms with Gasteiger partial charge in [-0.15, -0.1) is 0 Å². The average molecular weight is 551 g/mol. The SMILES string of the molecule is CCCCCc1ccc(Nc2ccc3c4ccc(Nc5ccc(CCCCC)cc5)cc4c4ccccc4c3c2)cc1. The second kappa shape index (κ2) is 13.1. The lowest BCUT2D eigenvalue weighted by molar-refractivity contribution is 0.717. The number of aryl methyl sites for hydroxylation is 2. The first-order chi connectivity index (χ1) is 20.7. The minimum Gasteiger partial charge on any atom is -0.356 e. The van der Waals surface area contributed by atoms with Crippen molar-refractivity contribution < 1.29 is 0 Å². The maximum atomic E-state index is 3.65. The zero-order valence-electron chi connectivity index (χ0n) is 25.0.